The minimum absolute atomic E-state index is 0.235. The van der Waals surface area contributed by atoms with E-state index >= 15 is 0 Å². The minimum atomic E-state index is -0.235. The predicted octanol–water partition coefficient (Wildman–Crippen LogP) is 5.33. The molecule has 3 aromatic heterocycles. The number of aromatic nitrogens is 5. The highest BCUT2D eigenvalue weighted by Gasteiger charge is 2.25. The Labute approximate surface area is 210 Å². The summed E-state index contributed by atoms with van der Waals surface area (Å²) < 4.78 is 7.86. The van der Waals surface area contributed by atoms with E-state index in [9.17, 15) is 0 Å². The number of ether oxygens (including phenoxy) is 1. The van der Waals surface area contributed by atoms with E-state index in [0.717, 1.165) is 56.9 Å². The van der Waals surface area contributed by atoms with Gasteiger partial charge in [-0.1, -0.05) is 24.6 Å². The fourth-order valence-corrected chi connectivity index (χ4v) is 4.68. The summed E-state index contributed by atoms with van der Waals surface area (Å²) >= 11 is 6.79. The van der Waals surface area contributed by atoms with Gasteiger partial charge in [0.15, 0.2) is 5.65 Å². The molecule has 0 bridgehead atoms. The van der Waals surface area contributed by atoms with Gasteiger partial charge < -0.3 is 15.8 Å². The fourth-order valence-electron chi connectivity index (χ4n) is 4.47. The van der Waals surface area contributed by atoms with E-state index in [1.807, 2.05) is 44.6 Å². The summed E-state index contributed by atoms with van der Waals surface area (Å²) in [6, 6.07) is 5.73. The molecule has 0 spiro atoms. The van der Waals surface area contributed by atoms with E-state index in [2.05, 4.69) is 39.3 Å². The number of anilines is 1. The van der Waals surface area contributed by atoms with Gasteiger partial charge in [0.1, 0.15) is 17.9 Å². The Bertz CT molecular complexity index is 1430. The molecule has 3 heterocycles. The number of methoxy groups -OCH3 is 1. The van der Waals surface area contributed by atoms with E-state index in [0.29, 0.717) is 16.5 Å². The Morgan fingerprint density at radius 1 is 1.26 bits per heavy atom. The minimum Gasteiger partial charge on any atom is -0.496 e. The summed E-state index contributed by atoms with van der Waals surface area (Å²) in [6.07, 6.45) is 6.27. The number of pyridine rings is 1. The maximum Gasteiger partial charge on any atom is 0.164 e. The van der Waals surface area contributed by atoms with Crippen molar-refractivity contribution in [1.82, 2.24) is 30.0 Å². The van der Waals surface area contributed by atoms with E-state index in [4.69, 9.17) is 27.2 Å². The van der Waals surface area contributed by atoms with Crippen LogP contribution in [0, 0.1) is 13.8 Å². The van der Waals surface area contributed by atoms with Gasteiger partial charge in [0.25, 0.3) is 0 Å². The van der Waals surface area contributed by atoms with Gasteiger partial charge in [-0.2, -0.15) is 5.10 Å². The Morgan fingerprint density at radius 2 is 2.03 bits per heavy atom. The lowest BCUT2D eigenvalue weighted by molar-refractivity contribution is 0.402. The van der Waals surface area contributed by atoms with E-state index in [1.165, 1.54) is 6.33 Å². The van der Waals surface area contributed by atoms with Gasteiger partial charge in [-0.05, 0) is 56.5 Å². The predicted molar refractivity (Wildman–Crippen MR) is 142 cm³/mol. The molecule has 0 saturated heterocycles. The zero-order valence-electron chi connectivity index (χ0n) is 20.8. The molecular formula is C26H30ClN7O. The average molecular weight is 492 g/mol. The van der Waals surface area contributed by atoms with Crippen molar-refractivity contribution in [2.75, 3.05) is 19.9 Å². The second kappa shape index (κ2) is 9.92. The summed E-state index contributed by atoms with van der Waals surface area (Å²) in [5.74, 6) is 1.13. The van der Waals surface area contributed by atoms with Crippen molar-refractivity contribution >= 4 is 34.1 Å². The maximum absolute atomic E-state index is 6.79. The van der Waals surface area contributed by atoms with Crippen LogP contribution in [0.1, 0.15) is 48.8 Å². The van der Waals surface area contributed by atoms with Gasteiger partial charge in [-0.25, -0.2) is 14.6 Å². The van der Waals surface area contributed by atoms with Crippen LogP contribution >= 0.6 is 11.6 Å². The third-order valence-corrected chi connectivity index (χ3v) is 6.61. The number of nitrogens with zero attached hydrogens (tertiary/aromatic N) is 5. The monoisotopic (exact) mass is 491 g/mol. The normalized spacial score (nSPS) is 12.7. The van der Waals surface area contributed by atoms with Crippen LogP contribution in [0.15, 0.2) is 36.8 Å². The van der Waals surface area contributed by atoms with Gasteiger partial charge in [0.2, 0.25) is 0 Å². The highest BCUT2D eigenvalue weighted by atomic mass is 35.5. The summed E-state index contributed by atoms with van der Waals surface area (Å²) in [4.78, 5) is 13.1. The second-order valence-electron chi connectivity index (χ2n) is 8.35. The number of hydrogen-bond donors (Lipinski definition) is 2. The van der Waals surface area contributed by atoms with Crippen LogP contribution in [-0.4, -0.2) is 38.9 Å². The van der Waals surface area contributed by atoms with Crippen molar-refractivity contribution in [2.45, 2.75) is 40.2 Å². The zero-order valence-corrected chi connectivity index (χ0v) is 21.6. The van der Waals surface area contributed by atoms with Crippen LogP contribution in [0.3, 0.4) is 0 Å². The molecule has 0 radical (unpaired) electrons. The molecule has 1 aromatic carbocycles. The number of halogens is 1. The van der Waals surface area contributed by atoms with Crippen molar-refractivity contribution in [3.05, 3.63) is 64.3 Å². The summed E-state index contributed by atoms with van der Waals surface area (Å²) in [6.45, 7) is 8.03. The molecule has 4 rings (SSSR count). The van der Waals surface area contributed by atoms with Crippen LogP contribution < -0.4 is 15.8 Å². The first kappa shape index (κ1) is 24.5. The van der Waals surface area contributed by atoms with Crippen LogP contribution in [0.25, 0.3) is 27.9 Å². The summed E-state index contributed by atoms with van der Waals surface area (Å²) in [7, 11) is 3.57. The summed E-state index contributed by atoms with van der Waals surface area (Å²) in [5.41, 5.74) is 13.1. The molecule has 1 atom stereocenters. The maximum atomic E-state index is 6.79. The number of allylic oxidation sites excluding steroid dienone is 1. The van der Waals surface area contributed by atoms with Crippen LogP contribution in [0.2, 0.25) is 5.02 Å². The third kappa shape index (κ3) is 4.30. The number of benzene rings is 1. The Balaban J connectivity index is 1.93. The van der Waals surface area contributed by atoms with Gasteiger partial charge in [-0.15, -0.1) is 0 Å². The van der Waals surface area contributed by atoms with Gasteiger partial charge in [-0.3, -0.25) is 4.98 Å². The number of rotatable bonds is 7. The second-order valence-corrected chi connectivity index (χ2v) is 8.76. The molecule has 4 aromatic rings. The third-order valence-electron chi connectivity index (χ3n) is 6.22. The lowest BCUT2D eigenvalue weighted by atomic mass is 9.93. The van der Waals surface area contributed by atoms with E-state index in [1.54, 1.807) is 13.3 Å². The molecule has 8 nitrogen and oxygen atoms in total. The van der Waals surface area contributed by atoms with Crippen molar-refractivity contribution in [3.8, 4) is 16.9 Å². The summed E-state index contributed by atoms with van der Waals surface area (Å²) in [5, 5.41) is 9.36. The number of nitrogen functional groups attached to an aromatic ring is 1. The first-order chi connectivity index (χ1) is 16.8. The first-order valence-electron chi connectivity index (χ1n) is 11.5. The molecule has 0 aliphatic carbocycles. The lowest BCUT2D eigenvalue weighted by Gasteiger charge is -2.22. The number of hydrogen-bond acceptors (Lipinski definition) is 7. The average Bonchev–Trinajstić information content (AvgIpc) is 3.20. The molecule has 9 heteroatoms. The smallest absolute Gasteiger partial charge is 0.164 e. The number of nitrogens with two attached hydrogens (primary N) is 1. The largest absolute Gasteiger partial charge is 0.496 e. The number of nitrogens with one attached hydrogen (secondary N) is 1. The fraction of sp³-hybridized carbons (Fsp3) is 0.308. The standard InChI is InChI=1S/C26H30ClN7O/c1-7-8-20(29-5)21-11-17(9-10-30-21)22-14(2)19(27)12-18(24(22)35-6)16(4)34-26-23(15(3)33-34)25(28)31-13-32-26/h8-13,16,29H,7H2,1-6H3,(H2,28,31,32)/b20-8+. The van der Waals surface area contributed by atoms with Crippen molar-refractivity contribution in [2.24, 2.45) is 0 Å². The van der Waals surface area contributed by atoms with Gasteiger partial charge >= 0.3 is 0 Å². The molecule has 0 amide bonds. The molecule has 0 fully saturated rings. The van der Waals surface area contributed by atoms with Crippen molar-refractivity contribution in [3.63, 3.8) is 0 Å². The zero-order chi connectivity index (χ0) is 25.3. The Morgan fingerprint density at radius 3 is 2.71 bits per heavy atom. The SMILES string of the molecule is CC/C=C(/NC)c1cc(-c2c(C)c(Cl)cc(C(C)n3nc(C)c4c(N)ncnc43)c2OC)ccn1. The van der Waals surface area contributed by atoms with E-state index in [-0.39, 0.29) is 6.04 Å². The number of fused-ring (bicyclic) bond motifs is 1. The highest BCUT2D eigenvalue weighted by Crippen LogP contribution is 2.43. The first-order valence-corrected chi connectivity index (χ1v) is 11.9. The van der Waals surface area contributed by atoms with Crippen LogP contribution in [-0.2, 0) is 0 Å². The number of aryl methyl sites for hydroxylation is 1. The molecule has 0 saturated carbocycles. The highest BCUT2D eigenvalue weighted by molar-refractivity contribution is 6.32. The van der Waals surface area contributed by atoms with Crippen LogP contribution in [0.5, 0.6) is 5.75 Å². The molecule has 182 valence electrons. The molecule has 0 aliphatic heterocycles. The molecule has 1 unspecified atom stereocenters. The quantitative estimate of drug-likeness (QED) is 0.360. The van der Waals surface area contributed by atoms with Gasteiger partial charge in [0, 0.05) is 29.4 Å². The molecule has 35 heavy (non-hydrogen) atoms. The van der Waals surface area contributed by atoms with Gasteiger partial charge in [0.05, 0.1) is 35.6 Å². The lowest BCUT2D eigenvalue weighted by Crippen LogP contribution is -2.12. The van der Waals surface area contributed by atoms with E-state index < -0.39 is 0 Å². The Kier molecular flexibility index (Phi) is 6.93. The van der Waals surface area contributed by atoms with Crippen molar-refractivity contribution < 1.29 is 4.74 Å². The van der Waals surface area contributed by atoms with Crippen molar-refractivity contribution in [1.29, 1.82) is 0 Å². The topological polar surface area (TPSA) is 104 Å². The Hall–Kier alpha value is -3.65. The molecular weight excluding hydrogens is 462 g/mol. The molecule has 3 N–H and O–H groups in total. The van der Waals surface area contributed by atoms with Crippen LogP contribution in [0.4, 0.5) is 5.82 Å². The molecule has 0 aliphatic rings.